The van der Waals surface area contributed by atoms with E-state index in [9.17, 15) is 13.2 Å². The fourth-order valence-corrected chi connectivity index (χ4v) is 4.70. The molecule has 4 aromatic rings. The number of hydrogen-bond donors (Lipinski definition) is 3. The molecule has 1 aliphatic rings. The van der Waals surface area contributed by atoms with E-state index in [1.54, 1.807) is 55.7 Å². The molecule has 0 saturated heterocycles. The minimum Gasteiger partial charge on any atom is -0.367 e. The summed E-state index contributed by atoms with van der Waals surface area (Å²) >= 11 is 0. The van der Waals surface area contributed by atoms with E-state index in [1.165, 1.54) is 6.07 Å². The summed E-state index contributed by atoms with van der Waals surface area (Å²) < 4.78 is 23.8. The lowest BCUT2D eigenvalue weighted by Gasteiger charge is -2.23. The molecular formula is C24H21N5O4S. The SMILES string of the molecule is CC1(NC(=O)c2ccc(-c3ccccc3S(N)(=O)=O)cc2)CC(c2ccc3nc[nH]c3c2)=NO1. The zero-order chi connectivity index (χ0) is 23.9. The fraction of sp³-hybridized carbons (Fsp3) is 0.125. The Kier molecular flexibility index (Phi) is 5.18. The van der Waals surface area contributed by atoms with Gasteiger partial charge in [0.1, 0.15) is 0 Å². The average Bonchev–Trinajstić information content (AvgIpc) is 3.44. The van der Waals surface area contributed by atoms with Crippen LogP contribution in [0.1, 0.15) is 29.3 Å². The number of nitrogens with one attached hydrogen (secondary N) is 2. The minimum atomic E-state index is -3.88. The van der Waals surface area contributed by atoms with Gasteiger partial charge >= 0.3 is 0 Å². The Hall–Kier alpha value is -4.02. The van der Waals surface area contributed by atoms with E-state index in [-0.39, 0.29) is 10.8 Å². The third kappa shape index (κ3) is 4.16. The van der Waals surface area contributed by atoms with Crippen LogP contribution in [0.2, 0.25) is 0 Å². The number of amides is 1. The molecule has 34 heavy (non-hydrogen) atoms. The van der Waals surface area contributed by atoms with Crippen molar-refractivity contribution in [3.05, 3.63) is 84.2 Å². The first-order valence-electron chi connectivity index (χ1n) is 10.5. The number of oxime groups is 1. The summed E-state index contributed by atoms with van der Waals surface area (Å²) in [5.41, 5.74) is 3.83. The Morgan fingerprint density at radius 1 is 1.09 bits per heavy atom. The van der Waals surface area contributed by atoms with E-state index in [2.05, 4.69) is 20.4 Å². The number of carbonyl (C=O) groups excluding carboxylic acids is 1. The Balaban J connectivity index is 1.30. The summed E-state index contributed by atoms with van der Waals surface area (Å²) in [5.74, 6) is -0.339. The molecule has 3 aromatic carbocycles. The predicted molar refractivity (Wildman–Crippen MR) is 127 cm³/mol. The summed E-state index contributed by atoms with van der Waals surface area (Å²) in [4.78, 5) is 25.8. The van der Waals surface area contributed by atoms with Crippen LogP contribution in [0.5, 0.6) is 0 Å². The van der Waals surface area contributed by atoms with Gasteiger partial charge in [-0.15, -0.1) is 0 Å². The lowest BCUT2D eigenvalue weighted by Crippen LogP contribution is -2.46. The molecule has 2 heterocycles. The van der Waals surface area contributed by atoms with Crippen molar-refractivity contribution in [2.75, 3.05) is 0 Å². The molecule has 5 rings (SSSR count). The van der Waals surface area contributed by atoms with Crippen LogP contribution in [-0.4, -0.2) is 35.7 Å². The third-order valence-corrected chi connectivity index (χ3v) is 6.61. The molecule has 1 aliphatic heterocycles. The molecule has 9 nitrogen and oxygen atoms in total. The van der Waals surface area contributed by atoms with E-state index in [1.807, 2.05) is 18.2 Å². The first-order chi connectivity index (χ1) is 16.2. The monoisotopic (exact) mass is 475 g/mol. The van der Waals surface area contributed by atoms with E-state index in [0.29, 0.717) is 28.8 Å². The maximum Gasteiger partial charge on any atom is 0.254 e. The molecule has 0 saturated carbocycles. The average molecular weight is 476 g/mol. The highest BCUT2D eigenvalue weighted by atomic mass is 32.2. The molecular weight excluding hydrogens is 454 g/mol. The molecule has 1 aromatic heterocycles. The van der Waals surface area contributed by atoms with E-state index in [4.69, 9.17) is 9.98 Å². The summed E-state index contributed by atoms with van der Waals surface area (Å²) in [6.07, 6.45) is 2.02. The second-order valence-electron chi connectivity index (χ2n) is 8.24. The van der Waals surface area contributed by atoms with Crippen molar-refractivity contribution < 1.29 is 18.0 Å². The summed E-state index contributed by atoms with van der Waals surface area (Å²) in [5, 5.41) is 12.4. The molecule has 0 fully saturated rings. The molecule has 172 valence electrons. The molecule has 0 radical (unpaired) electrons. The molecule has 10 heteroatoms. The third-order valence-electron chi connectivity index (χ3n) is 5.65. The van der Waals surface area contributed by atoms with Crippen LogP contribution in [0, 0.1) is 0 Å². The Morgan fingerprint density at radius 3 is 2.59 bits per heavy atom. The topological polar surface area (TPSA) is 140 Å². The van der Waals surface area contributed by atoms with E-state index < -0.39 is 15.7 Å². The second kappa shape index (κ2) is 8.08. The zero-order valence-corrected chi connectivity index (χ0v) is 19.0. The lowest BCUT2D eigenvalue weighted by molar-refractivity contribution is -0.0252. The van der Waals surface area contributed by atoms with Crippen molar-refractivity contribution in [2.24, 2.45) is 10.3 Å². The van der Waals surface area contributed by atoms with E-state index >= 15 is 0 Å². The number of benzene rings is 3. The quantitative estimate of drug-likeness (QED) is 0.407. The number of hydrogen-bond acceptors (Lipinski definition) is 6. The van der Waals surface area contributed by atoms with Crippen LogP contribution in [0.25, 0.3) is 22.2 Å². The van der Waals surface area contributed by atoms with Crippen LogP contribution in [0.15, 0.2) is 83.1 Å². The van der Waals surface area contributed by atoms with Crippen LogP contribution in [-0.2, 0) is 14.9 Å². The number of carbonyl (C=O) groups is 1. The van der Waals surface area contributed by atoms with Gasteiger partial charge in [0.2, 0.25) is 15.7 Å². The summed E-state index contributed by atoms with van der Waals surface area (Å²) in [6.45, 7) is 1.76. The van der Waals surface area contributed by atoms with Crippen LogP contribution in [0.3, 0.4) is 0 Å². The molecule has 0 aliphatic carbocycles. The first-order valence-corrected chi connectivity index (χ1v) is 12.0. The molecule has 1 unspecified atom stereocenters. The maximum atomic E-state index is 12.9. The molecule has 1 amide bonds. The van der Waals surface area contributed by atoms with Crippen molar-refractivity contribution >= 4 is 32.7 Å². The Bertz CT molecular complexity index is 1540. The highest BCUT2D eigenvalue weighted by Crippen LogP contribution is 2.28. The first kappa shape index (κ1) is 21.8. The van der Waals surface area contributed by atoms with Crippen molar-refractivity contribution in [3.8, 4) is 11.1 Å². The van der Waals surface area contributed by atoms with Gasteiger partial charge in [0.25, 0.3) is 5.91 Å². The van der Waals surface area contributed by atoms with Crippen molar-refractivity contribution in [2.45, 2.75) is 24.0 Å². The van der Waals surface area contributed by atoms with Crippen LogP contribution < -0.4 is 10.5 Å². The summed E-state index contributed by atoms with van der Waals surface area (Å²) in [6, 6.07) is 18.8. The number of imidazole rings is 1. The number of H-pyrrole nitrogens is 1. The van der Waals surface area contributed by atoms with Gasteiger partial charge in [-0.3, -0.25) is 4.79 Å². The van der Waals surface area contributed by atoms with Gasteiger partial charge in [-0.05, 0) is 42.8 Å². The van der Waals surface area contributed by atoms with Crippen molar-refractivity contribution in [1.29, 1.82) is 0 Å². The number of rotatable bonds is 5. The van der Waals surface area contributed by atoms with Crippen LogP contribution >= 0.6 is 0 Å². The zero-order valence-electron chi connectivity index (χ0n) is 18.1. The highest BCUT2D eigenvalue weighted by molar-refractivity contribution is 7.89. The lowest BCUT2D eigenvalue weighted by atomic mass is 10.0. The van der Waals surface area contributed by atoms with Gasteiger partial charge < -0.3 is 15.1 Å². The molecule has 1 atom stereocenters. The molecule has 0 spiro atoms. The highest BCUT2D eigenvalue weighted by Gasteiger charge is 2.36. The molecule has 4 N–H and O–H groups in total. The van der Waals surface area contributed by atoms with Crippen LogP contribution in [0.4, 0.5) is 0 Å². The number of nitrogens with two attached hydrogens (primary N) is 1. The summed E-state index contributed by atoms with van der Waals surface area (Å²) in [7, 11) is -3.88. The second-order valence-corrected chi connectivity index (χ2v) is 9.77. The molecule has 0 bridgehead atoms. The number of sulfonamides is 1. The largest absolute Gasteiger partial charge is 0.367 e. The van der Waals surface area contributed by atoms with Gasteiger partial charge in [0, 0.05) is 16.7 Å². The normalized spacial score (nSPS) is 17.9. The number of nitrogens with zero attached hydrogens (tertiary/aromatic N) is 2. The predicted octanol–water partition coefficient (Wildman–Crippen LogP) is 3.15. The van der Waals surface area contributed by atoms with Gasteiger partial charge in [-0.25, -0.2) is 18.5 Å². The number of primary sulfonamides is 1. The van der Waals surface area contributed by atoms with Gasteiger partial charge in [-0.2, -0.15) is 0 Å². The van der Waals surface area contributed by atoms with Gasteiger partial charge in [0.15, 0.2) is 0 Å². The van der Waals surface area contributed by atoms with Crippen molar-refractivity contribution in [3.63, 3.8) is 0 Å². The number of aromatic nitrogens is 2. The maximum absolute atomic E-state index is 12.9. The minimum absolute atomic E-state index is 0.0251. The Labute approximate surface area is 195 Å². The smallest absolute Gasteiger partial charge is 0.254 e. The standard InChI is InChI=1S/C24H21N5O4S/c1-24(13-21(29-33-24)17-10-11-19-20(12-17)27-14-26-19)28-23(30)16-8-6-15(7-9-16)18-4-2-3-5-22(18)34(25,31)32/h2-12,14H,13H2,1H3,(H,26,27)(H,28,30)(H2,25,31,32). The number of fused-ring (bicyclic) bond motifs is 1. The Morgan fingerprint density at radius 2 is 1.82 bits per heavy atom. The fourth-order valence-electron chi connectivity index (χ4n) is 3.94. The number of aromatic amines is 1. The van der Waals surface area contributed by atoms with Gasteiger partial charge in [-0.1, -0.05) is 41.6 Å². The van der Waals surface area contributed by atoms with Gasteiger partial charge in [0.05, 0.1) is 34.4 Å². The van der Waals surface area contributed by atoms with E-state index in [0.717, 1.165) is 16.6 Å². The van der Waals surface area contributed by atoms with Crippen molar-refractivity contribution in [1.82, 2.24) is 15.3 Å².